The van der Waals surface area contributed by atoms with Gasteiger partial charge in [-0.05, 0) is 74.2 Å². The number of nitriles is 1. The number of carbonyl (C=O) groups is 1. The molecule has 6 N–H and O–H groups in total. The first-order valence-electron chi connectivity index (χ1n) is 10.6. The highest BCUT2D eigenvalue weighted by Crippen LogP contribution is 2.33. The summed E-state index contributed by atoms with van der Waals surface area (Å²) in [7, 11) is 0. The van der Waals surface area contributed by atoms with Gasteiger partial charge in [0.25, 0.3) is 5.91 Å². The first-order valence-corrected chi connectivity index (χ1v) is 10.6. The zero-order valence-corrected chi connectivity index (χ0v) is 18.0. The van der Waals surface area contributed by atoms with Crippen LogP contribution in [0.4, 0.5) is 20.2 Å². The van der Waals surface area contributed by atoms with Crippen molar-refractivity contribution in [1.29, 1.82) is 5.26 Å². The molecule has 0 unspecified atom stereocenters. The quantitative estimate of drug-likeness (QED) is 0.276. The van der Waals surface area contributed by atoms with Crippen LogP contribution in [0, 0.1) is 23.0 Å². The second kappa shape index (κ2) is 10.6. The first kappa shape index (κ1) is 23.7. The highest BCUT2D eigenvalue weighted by Gasteiger charge is 2.35. The molecule has 1 saturated carbocycles. The lowest BCUT2D eigenvalue weighted by Crippen LogP contribution is -2.48. The Kier molecular flexibility index (Phi) is 7.61. The number of hydrogen-bond acceptors (Lipinski definition) is 5. The Morgan fingerprint density at radius 1 is 1.09 bits per heavy atom. The summed E-state index contributed by atoms with van der Waals surface area (Å²) in [4.78, 5) is 16.1. The molecule has 0 spiro atoms. The number of anilines is 1. The number of amidine groups is 1. The lowest BCUT2D eigenvalue weighted by Gasteiger charge is -2.40. The Morgan fingerprint density at radius 3 is 2.21 bits per heavy atom. The fourth-order valence-electron chi connectivity index (χ4n) is 3.83. The summed E-state index contributed by atoms with van der Waals surface area (Å²) < 4.78 is 26.2. The largest absolute Gasteiger partial charge is 0.384 e. The van der Waals surface area contributed by atoms with Gasteiger partial charge in [-0.15, -0.1) is 0 Å². The third-order valence-electron chi connectivity index (χ3n) is 5.72. The van der Waals surface area contributed by atoms with E-state index in [1.54, 1.807) is 12.1 Å². The van der Waals surface area contributed by atoms with E-state index in [0.717, 1.165) is 18.5 Å². The highest BCUT2D eigenvalue weighted by molar-refractivity contribution is 6.20. The molecule has 7 nitrogen and oxygen atoms in total. The SMILES string of the molecule is N#CCC1(N/C=C(/C(N)=O)C(N)=Nc2ccc(F)cc2)CCC(Nc2ccc(F)cc2)CC1. The standard InChI is InChI=1S/C24H26F2N6O/c25-16-1-5-18(6-2-16)31-20-9-11-24(12-10-20,13-14-27)30-15-21(23(29)33)22(28)32-19-7-3-17(26)4-8-19/h1-8,15,20,30-31H,9-13H2,(H2,28,32)(H2,29,33)/b21-15+. The van der Waals surface area contributed by atoms with Crippen LogP contribution in [-0.2, 0) is 4.79 Å². The minimum Gasteiger partial charge on any atom is -0.384 e. The van der Waals surface area contributed by atoms with Crippen LogP contribution in [0.15, 0.2) is 65.3 Å². The number of aliphatic imine (C=N–C) groups is 1. The van der Waals surface area contributed by atoms with Gasteiger partial charge in [-0.3, -0.25) is 4.79 Å². The number of benzene rings is 2. The third kappa shape index (κ3) is 6.53. The molecule has 172 valence electrons. The molecule has 0 aliphatic heterocycles. The molecule has 1 aliphatic carbocycles. The molecular weight excluding hydrogens is 426 g/mol. The van der Waals surface area contributed by atoms with Crippen molar-refractivity contribution in [3.63, 3.8) is 0 Å². The smallest absolute Gasteiger partial charge is 0.253 e. The summed E-state index contributed by atoms with van der Waals surface area (Å²) in [5, 5.41) is 16.0. The second-order valence-electron chi connectivity index (χ2n) is 8.08. The van der Waals surface area contributed by atoms with Gasteiger partial charge in [0.2, 0.25) is 0 Å². The molecule has 0 aromatic heterocycles. The molecular formula is C24H26F2N6O. The van der Waals surface area contributed by atoms with Crippen LogP contribution in [0.1, 0.15) is 32.1 Å². The van der Waals surface area contributed by atoms with Crippen LogP contribution in [-0.4, -0.2) is 23.3 Å². The molecule has 1 fully saturated rings. The van der Waals surface area contributed by atoms with E-state index >= 15 is 0 Å². The van der Waals surface area contributed by atoms with Gasteiger partial charge in [0, 0.05) is 23.5 Å². The van der Waals surface area contributed by atoms with Gasteiger partial charge >= 0.3 is 0 Å². The van der Waals surface area contributed by atoms with Gasteiger partial charge in [0.15, 0.2) is 0 Å². The average molecular weight is 453 g/mol. The van der Waals surface area contributed by atoms with Gasteiger partial charge in [0.05, 0.1) is 23.8 Å². The molecule has 3 rings (SSSR count). The Hall–Kier alpha value is -3.93. The number of halogens is 2. The summed E-state index contributed by atoms with van der Waals surface area (Å²) in [5.74, 6) is -1.59. The number of nitrogens with two attached hydrogens (primary N) is 2. The van der Waals surface area contributed by atoms with Crippen molar-refractivity contribution in [3.05, 3.63) is 71.9 Å². The average Bonchev–Trinajstić information content (AvgIpc) is 2.78. The van der Waals surface area contributed by atoms with Crippen LogP contribution in [0.25, 0.3) is 0 Å². The van der Waals surface area contributed by atoms with Crippen molar-refractivity contribution in [2.24, 2.45) is 16.5 Å². The minimum absolute atomic E-state index is 0.0248. The molecule has 33 heavy (non-hydrogen) atoms. The Bertz CT molecular complexity index is 1070. The van der Waals surface area contributed by atoms with E-state index in [9.17, 15) is 18.8 Å². The summed E-state index contributed by atoms with van der Waals surface area (Å²) in [6, 6.07) is 13.9. The van der Waals surface area contributed by atoms with Crippen LogP contribution in [0.2, 0.25) is 0 Å². The summed E-state index contributed by atoms with van der Waals surface area (Å²) in [6.45, 7) is 0. The van der Waals surface area contributed by atoms with Crippen molar-refractivity contribution in [2.75, 3.05) is 5.32 Å². The van der Waals surface area contributed by atoms with Crippen molar-refractivity contribution in [2.45, 2.75) is 43.7 Å². The first-order chi connectivity index (χ1) is 15.8. The van der Waals surface area contributed by atoms with Crippen molar-refractivity contribution in [3.8, 4) is 6.07 Å². The van der Waals surface area contributed by atoms with Crippen molar-refractivity contribution < 1.29 is 13.6 Å². The van der Waals surface area contributed by atoms with Gasteiger partial charge in [0.1, 0.15) is 17.5 Å². The van der Waals surface area contributed by atoms with Crippen molar-refractivity contribution in [1.82, 2.24) is 5.32 Å². The number of nitrogens with one attached hydrogen (secondary N) is 2. The Morgan fingerprint density at radius 2 is 1.67 bits per heavy atom. The van der Waals surface area contributed by atoms with Crippen molar-refractivity contribution >= 4 is 23.1 Å². The molecule has 0 radical (unpaired) electrons. The number of nitrogens with zero attached hydrogens (tertiary/aromatic N) is 2. The van der Waals surface area contributed by atoms with Crippen LogP contribution < -0.4 is 22.1 Å². The van der Waals surface area contributed by atoms with E-state index in [0.29, 0.717) is 18.5 Å². The van der Waals surface area contributed by atoms with Gasteiger partial charge in [-0.25, -0.2) is 13.8 Å². The molecule has 9 heteroatoms. The van der Waals surface area contributed by atoms with E-state index in [-0.39, 0.29) is 29.7 Å². The summed E-state index contributed by atoms with van der Waals surface area (Å²) >= 11 is 0. The van der Waals surface area contributed by atoms with E-state index in [1.807, 2.05) is 0 Å². The maximum atomic E-state index is 13.1. The number of rotatable bonds is 8. The highest BCUT2D eigenvalue weighted by atomic mass is 19.1. The Balaban J connectivity index is 1.70. The monoisotopic (exact) mass is 452 g/mol. The molecule has 0 bridgehead atoms. The normalized spacial score (nSPS) is 21.2. The molecule has 1 amide bonds. The molecule has 1 aliphatic rings. The number of primary amides is 1. The van der Waals surface area contributed by atoms with E-state index in [4.69, 9.17) is 11.5 Å². The molecule has 0 saturated heterocycles. The summed E-state index contributed by atoms with van der Waals surface area (Å²) in [6.07, 6.45) is 4.51. The van der Waals surface area contributed by atoms with Gasteiger partial charge < -0.3 is 22.1 Å². The zero-order valence-electron chi connectivity index (χ0n) is 18.0. The van der Waals surface area contributed by atoms with Gasteiger partial charge in [-0.1, -0.05) is 0 Å². The third-order valence-corrected chi connectivity index (χ3v) is 5.72. The predicted octanol–water partition coefficient (Wildman–Crippen LogP) is 3.62. The van der Waals surface area contributed by atoms with E-state index < -0.39 is 17.3 Å². The topological polar surface area (TPSA) is 129 Å². The minimum atomic E-state index is -0.773. The van der Waals surface area contributed by atoms with E-state index in [2.05, 4.69) is 21.7 Å². The lowest BCUT2D eigenvalue weighted by molar-refractivity contribution is -0.114. The fourth-order valence-corrected chi connectivity index (χ4v) is 3.83. The van der Waals surface area contributed by atoms with Crippen LogP contribution >= 0.6 is 0 Å². The van der Waals surface area contributed by atoms with Crippen LogP contribution in [0.5, 0.6) is 0 Å². The Labute approximate surface area is 191 Å². The molecule has 0 atom stereocenters. The van der Waals surface area contributed by atoms with Gasteiger partial charge in [-0.2, -0.15) is 5.26 Å². The maximum Gasteiger partial charge on any atom is 0.253 e. The number of amides is 1. The fraction of sp³-hybridized carbons (Fsp3) is 0.292. The predicted molar refractivity (Wildman–Crippen MR) is 123 cm³/mol. The van der Waals surface area contributed by atoms with E-state index in [1.165, 1.54) is 42.6 Å². The lowest BCUT2D eigenvalue weighted by atomic mass is 9.77. The van der Waals surface area contributed by atoms with Crippen LogP contribution in [0.3, 0.4) is 0 Å². The summed E-state index contributed by atoms with van der Waals surface area (Å²) in [5.41, 5.74) is 12.1. The number of hydrogen-bond donors (Lipinski definition) is 4. The molecule has 2 aromatic carbocycles. The zero-order chi connectivity index (χ0) is 23.8. The molecule has 0 heterocycles. The maximum absolute atomic E-state index is 13.1. The molecule has 2 aromatic rings. The second-order valence-corrected chi connectivity index (χ2v) is 8.08. The number of carbonyl (C=O) groups excluding carboxylic acids is 1.